The first-order chi connectivity index (χ1) is 19.0. The molecule has 0 spiro atoms. The van der Waals surface area contributed by atoms with Crippen LogP contribution in [0.15, 0.2) is 66.9 Å². The fourth-order valence-electron chi connectivity index (χ4n) is 4.78. The van der Waals surface area contributed by atoms with Crippen molar-refractivity contribution < 1.29 is 37.3 Å². The number of carboxylic acid groups (broad SMARTS) is 1. The molecule has 1 N–H and O–H groups in total. The van der Waals surface area contributed by atoms with Crippen molar-refractivity contribution in [2.75, 3.05) is 25.1 Å². The van der Waals surface area contributed by atoms with Gasteiger partial charge >= 0.3 is 12.1 Å². The van der Waals surface area contributed by atoms with Crippen molar-refractivity contribution in [3.8, 4) is 5.75 Å². The number of hydrogen-bond acceptors (Lipinski definition) is 5. The number of fused-ring (bicyclic) bond motifs is 1. The average Bonchev–Trinajstić information content (AvgIpc) is 3.02. The van der Waals surface area contributed by atoms with Crippen LogP contribution in [0.1, 0.15) is 35.1 Å². The Morgan fingerprint density at radius 1 is 1.15 bits per heavy atom. The Labute approximate surface area is 229 Å². The molecule has 1 aliphatic heterocycles. The molecule has 8 nitrogen and oxygen atoms in total. The van der Waals surface area contributed by atoms with E-state index in [0.29, 0.717) is 36.7 Å². The topological polar surface area (TPSA) is 97.0 Å². The molecule has 1 unspecified atom stereocenters. The van der Waals surface area contributed by atoms with Crippen molar-refractivity contribution >= 4 is 17.7 Å². The molecule has 1 atom stereocenters. The number of hydrogen-bond donors (Lipinski definition) is 1. The third kappa shape index (κ3) is 7.22. The number of pyridine rings is 1. The van der Waals surface area contributed by atoms with E-state index in [0.717, 1.165) is 28.0 Å². The van der Waals surface area contributed by atoms with Crippen molar-refractivity contribution in [1.82, 2.24) is 4.90 Å². The normalized spacial score (nSPS) is 15.3. The Morgan fingerprint density at radius 3 is 2.58 bits per heavy atom. The standard InChI is InChI=1S/C29H30F3N3O5/c1-33(26-5-2-3-13-35(26)39)12-4-14-40-25-11-8-21-15-22(17-27(36)37)28(38)34(19-23(21)16-25)18-20-6-9-24(10-7-20)29(30,31)32/h2-3,5-11,13,16,22H,4,12,14-15,17-19H2,1H3,(H,36,37). The van der Waals surface area contributed by atoms with E-state index in [1.807, 2.05) is 24.1 Å². The minimum Gasteiger partial charge on any atom is -0.711 e. The molecule has 0 saturated heterocycles. The maximum absolute atomic E-state index is 13.3. The van der Waals surface area contributed by atoms with E-state index in [1.165, 1.54) is 23.2 Å². The lowest BCUT2D eigenvalue weighted by Gasteiger charge is -2.24. The van der Waals surface area contributed by atoms with Gasteiger partial charge in [0.2, 0.25) is 5.91 Å². The smallest absolute Gasteiger partial charge is 0.416 e. The van der Waals surface area contributed by atoms with Crippen LogP contribution < -0.4 is 14.4 Å². The van der Waals surface area contributed by atoms with Gasteiger partial charge in [-0.05, 0) is 53.4 Å². The van der Waals surface area contributed by atoms with Gasteiger partial charge in [-0.25, -0.2) is 4.73 Å². The van der Waals surface area contributed by atoms with Crippen LogP contribution in [0, 0.1) is 11.1 Å². The number of ether oxygens (including phenoxy) is 1. The van der Waals surface area contributed by atoms with Gasteiger partial charge in [0.15, 0.2) is 0 Å². The second kappa shape index (κ2) is 12.3. The molecule has 0 fully saturated rings. The van der Waals surface area contributed by atoms with Gasteiger partial charge in [0, 0.05) is 25.6 Å². The average molecular weight is 558 g/mol. The van der Waals surface area contributed by atoms with Crippen molar-refractivity contribution in [2.45, 2.75) is 38.5 Å². The lowest BCUT2D eigenvalue weighted by molar-refractivity contribution is -0.592. The molecule has 212 valence electrons. The summed E-state index contributed by atoms with van der Waals surface area (Å²) in [4.78, 5) is 28.1. The van der Waals surface area contributed by atoms with Crippen molar-refractivity contribution in [1.29, 1.82) is 0 Å². The van der Waals surface area contributed by atoms with Crippen molar-refractivity contribution in [3.63, 3.8) is 0 Å². The van der Waals surface area contributed by atoms with Crippen molar-refractivity contribution in [2.24, 2.45) is 5.92 Å². The van der Waals surface area contributed by atoms with Crippen molar-refractivity contribution in [3.05, 3.63) is 94.3 Å². The Bertz CT molecular complexity index is 1350. The number of aliphatic carboxylic acids is 1. The summed E-state index contributed by atoms with van der Waals surface area (Å²) in [6, 6.07) is 15.2. The van der Waals surface area contributed by atoms with Crippen LogP contribution in [0.3, 0.4) is 0 Å². The van der Waals surface area contributed by atoms with E-state index >= 15 is 0 Å². The second-order valence-corrected chi connectivity index (χ2v) is 9.83. The predicted molar refractivity (Wildman–Crippen MR) is 140 cm³/mol. The van der Waals surface area contributed by atoms with Gasteiger partial charge in [-0.15, -0.1) is 0 Å². The summed E-state index contributed by atoms with van der Waals surface area (Å²) in [6.07, 6.45) is -2.50. The number of aromatic nitrogens is 1. The maximum Gasteiger partial charge on any atom is 0.416 e. The van der Waals surface area contributed by atoms with Gasteiger partial charge in [0.25, 0.3) is 5.82 Å². The molecular weight excluding hydrogens is 527 g/mol. The number of nitrogens with zero attached hydrogens (tertiary/aromatic N) is 3. The third-order valence-corrected chi connectivity index (χ3v) is 6.84. The summed E-state index contributed by atoms with van der Waals surface area (Å²) >= 11 is 0. The van der Waals surface area contributed by atoms with E-state index < -0.39 is 23.6 Å². The summed E-state index contributed by atoms with van der Waals surface area (Å²) in [5.74, 6) is -1.14. The highest BCUT2D eigenvalue weighted by Gasteiger charge is 2.32. The SMILES string of the molecule is CN(CCCOc1ccc2c(c1)CN(Cc1ccc(C(F)(F)F)cc1)C(=O)C(CC(=O)O)C2)c1cccc[n+]1[O-]. The molecule has 1 aliphatic rings. The van der Waals surface area contributed by atoms with Crippen LogP contribution in [0.4, 0.5) is 19.0 Å². The molecule has 0 saturated carbocycles. The fraction of sp³-hybridized carbons (Fsp3) is 0.345. The zero-order chi connectivity index (χ0) is 28.9. The molecule has 2 aromatic carbocycles. The van der Waals surface area contributed by atoms with Crippen LogP contribution in [-0.2, 0) is 35.3 Å². The first-order valence-electron chi connectivity index (χ1n) is 12.8. The maximum atomic E-state index is 13.3. The van der Waals surface area contributed by atoms with Crippen LogP contribution in [0.25, 0.3) is 0 Å². The van der Waals surface area contributed by atoms with E-state index in [1.54, 1.807) is 24.3 Å². The Kier molecular flexibility index (Phi) is 8.81. The van der Waals surface area contributed by atoms with Gasteiger partial charge < -0.3 is 20.0 Å². The summed E-state index contributed by atoms with van der Waals surface area (Å²) in [7, 11) is 1.82. The third-order valence-electron chi connectivity index (χ3n) is 6.84. The molecule has 0 aliphatic carbocycles. The van der Waals surface area contributed by atoms with E-state index in [4.69, 9.17) is 4.74 Å². The Hall–Kier alpha value is -4.28. The largest absolute Gasteiger partial charge is 0.711 e. The number of carbonyl (C=O) groups excluding carboxylic acids is 1. The molecule has 11 heteroatoms. The first-order valence-corrected chi connectivity index (χ1v) is 12.8. The molecule has 1 amide bonds. The van der Waals surface area contributed by atoms with E-state index in [2.05, 4.69) is 0 Å². The number of benzene rings is 2. The quantitative estimate of drug-likeness (QED) is 0.225. The van der Waals surface area contributed by atoms with Crippen LogP contribution in [-0.4, -0.2) is 42.1 Å². The molecule has 0 bridgehead atoms. The fourth-order valence-corrected chi connectivity index (χ4v) is 4.78. The number of anilines is 1. The lowest BCUT2D eigenvalue weighted by Crippen LogP contribution is -2.36. The number of rotatable bonds is 10. The minimum absolute atomic E-state index is 0.0448. The highest BCUT2D eigenvalue weighted by atomic mass is 19.4. The molecule has 4 rings (SSSR count). The second-order valence-electron chi connectivity index (χ2n) is 9.83. The minimum atomic E-state index is -4.46. The van der Waals surface area contributed by atoms with Gasteiger partial charge in [-0.1, -0.05) is 24.3 Å². The predicted octanol–water partition coefficient (Wildman–Crippen LogP) is 4.42. The molecule has 2 heterocycles. The highest BCUT2D eigenvalue weighted by Crippen LogP contribution is 2.31. The molecular formula is C29H30F3N3O5. The number of alkyl halides is 3. The van der Waals surface area contributed by atoms with Gasteiger partial charge in [-0.2, -0.15) is 13.2 Å². The van der Waals surface area contributed by atoms with Crippen LogP contribution in [0.5, 0.6) is 5.75 Å². The van der Waals surface area contributed by atoms with Gasteiger partial charge in [0.1, 0.15) is 5.75 Å². The van der Waals surface area contributed by atoms with Crippen LogP contribution >= 0.6 is 0 Å². The number of carbonyl (C=O) groups is 2. The van der Waals surface area contributed by atoms with Gasteiger partial charge in [0.05, 0.1) is 44.3 Å². The van der Waals surface area contributed by atoms with E-state index in [-0.39, 0.29) is 31.8 Å². The highest BCUT2D eigenvalue weighted by molar-refractivity contribution is 5.84. The van der Waals surface area contributed by atoms with E-state index in [9.17, 15) is 33.1 Å². The first kappa shape index (κ1) is 28.7. The van der Waals surface area contributed by atoms with Crippen LogP contribution in [0.2, 0.25) is 0 Å². The summed E-state index contributed by atoms with van der Waals surface area (Å²) in [6.45, 7) is 1.18. The lowest BCUT2D eigenvalue weighted by atomic mass is 9.94. The number of amides is 1. The Morgan fingerprint density at radius 2 is 1.90 bits per heavy atom. The summed E-state index contributed by atoms with van der Waals surface area (Å²) < 4.78 is 45.6. The Balaban J connectivity index is 1.45. The number of carboxylic acids is 1. The summed E-state index contributed by atoms with van der Waals surface area (Å²) in [5.41, 5.74) is 1.34. The zero-order valence-corrected chi connectivity index (χ0v) is 21.9. The number of halogens is 3. The summed E-state index contributed by atoms with van der Waals surface area (Å²) in [5, 5.41) is 21.3. The monoisotopic (exact) mass is 557 g/mol. The molecule has 1 aromatic heterocycles. The molecule has 3 aromatic rings. The molecule has 0 radical (unpaired) electrons. The van der Waals surface area contributed by atoms with Gasteiger partial charge in [-0.3, -0.25) is 14.5 Å². The molecule has 40 heavy (non-hydrogen) atoms. The zero-order valence-electron chi connectivity index (χ0n) is 21.9.